The summed E-state index contributed by atoms with van der Waals surface area (Å²) in [5.74, 6) is 0. The van der Waals surface area contributed by atoms with Crippen LogP contribution in [0.15, 0.2) is 55.1 Å². The maximum atomic E-state index is 4.21. The van der Waals surface area contributed by atoms with Crippen molar-refractivity contribution in [1.82, 2.24) is 0 Å². The highest BCUT2D eigenvalue weighted by Gasteiger charge is 2.48. The number of hydrogen-bond donors (Lipinski definition) is 0. The highest BCUT2D eigenvalue weighted by molar-refractivity contribution is 5.66. The van der Waals surface area contributed by atoms with Crippen LogP contribution in [0.25, 0.3) is 11.3 Å². The van der Waals surface area contributed by atoms with Gasteiger partial charge in [0.1, 0.15) is 0 Å². The predicted octanol–water partition coefficient (Wildman–Crippen LogP) is 4.75. The van der Waals surface area contributed by atoms with E-state index in [0.29, 0.717) is 6.04 Å². The fourth-order valence-electron chi connectivity index (χ4n) is 4.15. The largest absolute Gasteiger partial charge is 0.213 e. The molecule has 1 aromatic heterocycles. The van der Waals surface area contributed by atoms with Crippen molar-refractivity contribution in [2.75, 3.05) is 0 Å². The van der Waals surface area contributed by atoms with Gasteiger partial charge in [-0.05, 0) is 24.1 Å². The average molecular weight is 278 g/mol. The molecule has 21 heavy (non-hydrogen) atoms. The summed E-state index contributed by atoms with van der Waals surface area (Å²) in [6.45, 7) is 11.0. The zero-order valence-electron chi connectivity index (χ0n) is 13.3. The van der Waals surface area contributed by atoms with Gasteiger partial charge < -0.3 is 0 Å². The third-order valence-electron chi connectivity index (χ3n) is 5.18. The molecule has 1 nitrogen and oxygen atoms in total. The Hall–Kier alpha value is -1.89. The van der Waals surface area contributed by atoms with E-state index in [0.717, 1.165) is 12.8 Å². The van der Waals surface area contributed by atoms with Gasteiger partial charge in [0.25, 0.3) is 0 Å². The predicted molar refractivity (Wildman–Crippen MR) is 88.3 cm³/mol. The molecular formula is C20H24N+. The lowest BCUT2D eigenvalue weighted by molar-refractivity contribution is -0.728. The maximum absolute atomic E-state index is 4.21. The second-order valence-electron chi connectivity index (χ2n) is 5.99. The summed E-state index contributed by atoms with van der Waals surface area (Å²) in [7, 11) is 0. The van der Waals surface area contributed by atoms with Crippen LogP contribution in [-0.2, 0) is 5.41 Å². The summed E-state index contributed by atoms with van der Waals surface area (Å²) in [6.07, 6.45) is 4.37. The summed E-state index contributed by atoms with van der Waals surface area (Å²) in [4.78, 5) is 0. The van der Waals surface area contributed by atoms with Crippen LogP contribution < -0.4 is 4.57 Å². The summed E-state index contributed by atoms with van der Waals surface area (Å²) < 4.78 is 2.52. The van der Waals surface area contributed by atoms with Gasteiger partial charge in [0.15, 0.2) is 11.7 Å². The molecular weight excluding hydrogens is 254 g/mol. The number of aryl methyl sites for hydroxylation is 1. The van der Waals surface area contributed by atoms with E-state index in [4.69, 9.17) is 0 Å². The fraction of sp³-hybridized carbons (Fsp3) is 0.350. The normalized spacial score (nSPS) is 23.3. The van der Waals surface area contributed by atoms with Gasteiger partial charge >= 0.3 is 0 Å². The fourth-order valence-corrected chi connectivity index (χ4v) is 4.15. The molecule has 0 fully saturated rings. The van der Waals surface area contributed by atoms with Gasteiger partial charge in [-0.1, -0.05) is 38.1 Å². The molecule has 1 aliphatic heterocycles. The SMILES string of the molecule is C=CC1(CC)c2ccccc2-c2cccc(C)[n+]2C1CC. The first kappa shape index (κ1) is 14.1. The van der Waals surface area contributed by atoms with Crippen LogP contribution in [-0.4, -0.2) is 0 Å². The van der Waals surface area contributed by atoms with Crippen molar-refractivity contribution in [1.29, 1.82) is 0 Å². The van der Waals surface area contributed by atoms with Gasteiger partial charge in [-0.15, -0.1) is 6.58 Å². The molecule has 3 rings (SSSR count). The number of fused-ring (bicyclic) bond motifs is 3. The first-order chi connectivity index (χ1) is 10.2. The van der Waals surface area contributed by atoms with Crippen molar-refractivity contribution in [2.45, 2.75) is 45.1 Å². The summed E-state index contributed by atoms with van der Waals surface area (Å²) >= 11 is 0. The lowest BCUT2D eigenvalue weighted by Gasteiger charge is -2.39. The zero-order chi connectivity index (χ0) is 15.0. The van der Waals surface area contributed by atoms with Gasteiger partial charge in [0, 0.05) is 25.5 Å². The van der Waals surface area contributed by atoms with E-state index in [1.165, 1.54) is 22.5 Å². The molecule has 0 saturated heterocycles. The summed E-state index contributed by atoms with van der Waals surface area (Å²) in [5, 5.41) is 0. The Morgan fingerprint density at radius 2 is 1.90 bits per heavy atom. The van der Waals surface area contributed by atoms with Crippen molar-refractivity contribution >= 4 is 0 Å². The molecule has 0 saturated carbocycles. The Morgan fingerprint density at radius 1 is 1.14 bits per heavy atom. The van der Waals surface area contributed by atoms with E-state index in [2.05, 4.69) is 80.5 Å². The van der Waals surface area contributed by atoms with Crippen molar-refractivity contribution in [3.05, 3.63) is 66.4 Å². The Labute approximate surface area is 128 Å². The number of benzene rings is 1. The Bertz CT molecular complexity index is 686. The second kappa shape index (κ2) is 5.14. The molecule has 0 spiro atoms. The van der Waals surface area contributed by atoms with Gasteiger partial charge in [0.2, 0.25) is 5.69 Å². The number of aromatic nitrogens is 1. The summed E-state index contributed by atoms with van der Waals surface area (Å²) in [6, 6.07) is 15.9. The topological polar surface area (TPSA) is 3.88 Å². The number of nitrogens with zero attached hydrogens (tertiary/aromatic N) is 1. The molecule has 0 radical (unpaired) electrons. The molecule has 1 aromatic carbocycles. The first-order valence-corrected chi connectivity index (χ1v) is 7.94. The van der Waals surface area contributed by atoms with Crippen molar-refractivity contribution in [3.8, 4) is 11.3 Å². The molecule has 1 aliphatic rings. The van der Waals surface area contributed by atoms with Crippen molar-refractivity contribution in [3.63, 3.8) is 0 Å². The molecule has 0 amide bonds. The van der Waals surface area contributed by atoms with E-state index >= 15 is 0 Å². The van der Waals surface area contributed by atoms with Gasteiger partial charge in [-0.2, -0.15) is 4.57 Å². The third kappa shape index (κ3) is 1.80. The van der Waals surface area contributed by atoms with Crippen LogP contribution in [0.5, 0.6) is 0 Å². The van der Waals surface area contributed by atoms with Crippen LogP contribution >= 0.6 is 0 Å². The Morgan fingerprint density at radius 3 is 2.57 bits per heavy atom. The third-order valence-corrected chi connectivity index (χ3v) is 5.18. The van der Waals surface area contributed by atoms with Gasteiger partial charge in [0.05, 0.1) is 11.0 Å². The molecule has 0 bridgehead atoms. The van der Waals surface area contributed by atoms with E-state index in [9.17, 15) is 0 Å². The molecule has 2 unspecified atom stereocenters. The number of pyridine rings is 1. The van der Waals surface area contributed by atoms with E-state index in [-0.39, 0.29) is 5.41 Å². The Kier molecular flexibility index (Phi) is 3.44. The minimum atomic E-state index is 0.0229. The van der Waals surface area contributed by atoms with Crippen LogP contribution in [0.1, 0.15) is 44.0 Å². The minimum absolute atomic E-state index is 0.0229. The lowest BCUT2D eigenvalue weighted by atomic mass is 9.67. The van der Waals surface area contributed by atoms with Crippen molar-refractivity contribution in [2.24, 2.45) is 0 Å². The molecule has 1 heteroatoms. The van der Waals surface area contributed by atoms with Crippen LogP contribution in [0, 0.1) is 6.92 Å². The minimum Gasteiger partial charge on any atom is -0.192 e. The molecule has 108 valence electrons. The average Bonchev–Trinajstić information content (AvgIpc) is 2.54. The van der Waals surface area contributed by atoms with Crippen LogP contribution in [0.3, 0.4) is 0 Å². The molecule has 0 N–H and O–H groups in total. The highest BCUT2D eigenvalue weighted by atomic mass is 15.1. The maximum Gasteiger partial charge on any atom is 0.213 e. The number of rotatable bonds is 3. The highest BCUT2D eigenvalue weighted by Crippen LogP contribution is 2.47. The van der Waals surface area contributed by atoms with E-state index in [1.54, 1.807) is 0 Å². The van der Waals surface area contributed by atoms with E-state index < -0.39 is 0 Å². The Balaban J connectivity index is 2.43. The zero-order valence-corrected chi connectivity index (χ0v) is 13.3. The lowest BCUT2D eigenvalue weighted by Crippen LogP contribution is -2.56. The standard InChI is InChI=1S/C20H24N/c1-5-19-20(6-2,7-3)17-13-9-8-12-16(17)18-14-10-11-15(4)21(18)19/h6,8-14,19H,2,5,7H2,1,3-4H3/q+1. The van der Waals surface area contributed by atoms with E-state index in [1.807, 2.05) is 0 Å². The van der Waals surface area contributed by atoms with Gasteiger partial charge in [-0.25, -0.2) is 0 Å². The smallest absolute Gasteiger partial charge is 0.192 e. The quantitative estimate of drug-likeness (QED) is 0.563. The molecule has 2 aromatic rings. The van der Waals surface area contributed by atoms with Crippen LogP contribution in [0.2, 0.25) is 0 Å². The monoisotopic (exact) mass is 278 g/mol. The molecule has 0 aliphatic carbocycles. The summed E-state index contributed by atoms with van der Waals surface area (Å²) in [5.41, 5.74) is 5.47. The first-order valence-electron chi connectivity index (χ1n) is 7.94. The number of hydrogen-bond acceptors (Lipinski definition) is 0. The van der Waals surface area contributed by atoms with Gasteiger partial charge in [-0.3, -0.25) is 0 Å². The number of allylic oxidation sites excluding steroid dienone is 1. The second-order valence-corrected chi connectivity index (χ2v) is 5.99. The molecule has 2 heterocycles. The van der Waals surface area contributed by atoms with Crippen LogP contribution in [0.4, 0.5) is 0 Å². The van der Waals surface area contributed by atoms with Crippen molar-refractivity contribution < 1.29 is 4.57 Å². The molecule has 2 atom stereocenters.